The number of fused-ring (bicyclic) bond motifs is 1. The van der Waals surface area contributed by atoms with Crippen LogP contribution in [0, 0.1) is 0 Å². The molecule has 8 nitrogen and oxygen atoms in total. The third-order valence-corrected chi connectivity index (χ3v) is 4.50. The maximum atomic E-state index is 12.6. The molecule has 1 aliphatic rings. The number of nitrogens with one attached hydrogen (secondary N) is 2. The van der Waals surface area contributed by atoms with Gasteiger partial charge in [0.15, 0.2) is 0 Å². The van der Waals surface area contributed by atoms with Crippen molar-refractivity contribution in [3.05, 3.63) is 24.3 Å². The SMILES string of the molecule is CCOC(=O)Nc1nc2ccccc2n1C(=O)NC1CCSC1=O. The molecule has 2 N–H and O–H groups in total. The number of amides is 2. The molecular formula is C15H16N4O4S. The van der Waals surface area contributed by atoms with Gasteiger partial charge in [-0.05, 0) is 25.5 Å². The van der Waals surface area contributed by atoms with E-state index in [-0.39, 0.29) is 17.7 Å². The molecule has 126 valence electrons. The molecular weight excluding hydrogens is 332 g/mol. The number of benzene rings is 1. The fourth-order valence-electron chi connectivity index (χ4n) is 2.41. The molecule has 1 saturated heterocycles. The maximum Gasteiger partial charge on any atom is 0.413 e. The van der Waals surface area contributed by atoms with Crippen molar-refractivity contribution in [1.82, 2.24) is 14.9 Å². The van der Waals surface area contributed by atoms with Gasteiger partial charge in [-0.2, -0.15) is 0 Å². The van der Waals surface area contributed by atoms with Crippen LogP contribution < -0.4 is 10.6 Å². The van der Waals surface area contributed by atoms with Crippen LogP contribution in [0.3, 0.4) is 0 Å². The number of aromatic nitrogens is 2. The van der Waals surface area contributed by atoms with Crippen LogP contribution in [0.1, 0.15) is 13.3 Å². The summed E-state index contributed by atoms with van der Waals surface area (Å²) in [5, 5.41) is 5.09. The van der Waals surface area contributed by atoms with Crippen LogP contribution in [-0.2, 0) is 9.53 Å². The Kier molecular flexibility index (Phi) is 4.70. The van der Waals surface area contributed by atoms with Gasteiger partial charge in [0.25, 0.3) is 0 Å². The van der Waals surface area contributed by atoms with Gasteiger partial charge in [0.2, 0.25) is 11.1 Å². The van der Waals surface area contributed by atoms with E-state index in [9.17, 15) is 14.4 Å². The van der Waals surface area contributed by atoms with Crippen molar-refractivity contribution in [1.29, 1.82) is 0 Å². The Balaban J connectivity index is 1.93. The van der Waals surface area contributed by atoms with Gasteiger partial charge in [0, 0.05) is 5.75 Å². The van der Waals surface area contributed by atoms with Crippen LogP contribution in [0.15, 0.2) is 24.3 Å². The fraction of sp³-hybridized carbons (Fsp3) is 0.333. The van der Waals surface area contributed by atoms with Crippen molar-refractivity contribution in [2.75, 3.05) is 17.7 Å². The highest BCUT2D eigenvalue weighted by atomic mass is 32.2. The highest BCUT2D eigenvalue weighted by Crippen LogP contribution is 2.22. The minimum Gasteiger partial charge on any atom is -0.450 e. The number of ether oxygens (including phenoxy) is 1. The monoisotopic (exact) mass is 348 g/mol. The van der Waals surface area contributed by atoms with E-state index < -0.39 is 18.2 Å². The first kappa shape index (κ1) is 16.3. The number of anilines is 1. The average molecular weight is 348 g/mol. The van der Waals surface area contributed by atoms with Gasteiger partial charge in [-0.25, -0.2) is 19.1 Å². The first-order chi connectivity index (χ1) is 11.6. The molecule has 1 atom stereocenters. The van der Waals surface area contributed by atoms with E-state index in [1.807, 2.05) is 0 Å². The summed E-state index contributed by atoms with van der Waals surface area (Å²) in [7, 11) is 0. The molecule has 2 aromatic rings. The van der Waals surface area contributed by atoms with Crippen LogP contribution in [0.25, 0.3) is 11.0 Å². The number of carbonyl (C=O) groups is 3. The number of thioether (sulfide) groups is 1. The van der Waals surface area contributed by atoms with Crippen LogP contribution in [0.5, 0.6) is 0 Å². The smallest absolute Gasteiger partial charge is 0.413 e. The second-order valence-electron chi connectivity index (χ2n) is 5.06. The molecule has 0 spiro atoms. The second kappa shape index (κ2) is 6.91. The Morgan fingerprint density at radius 2 is 2.21 bits per heavy atom. The number of carbonyl (C=O) groups excluding carboxylic acids is 3. The summed E-state index contributed by atoms with van der Waals surface area (Å²) in [5.74, 6) is 0.729. The molecule has 9 heteroatoms. The minimum atomic E-state index is -0.700. The first-order valence-corrected chi connectivity index (χ1v) is 8.47. The summed E-state index contributed by atoms with van der Waals surface area (Å²) in [6, 6.07) is 5.94. The van der Waals surface area contributed by atoms with E-state index in [2.05, 4.69) is 15.6 Å². The summed E-state index contributed by atoms with van der Waals surface area (Å²) in [6.07, 6.45) is -0.114. The van der Waals surface area contributed by atoms with Crippen LogP contribution >= 0.6 is 11.8 Å². The van der Waals surface area contributed by atoms with Gasteiger partial charge in [-0.15, -0.1) is 0 Å². The van der Waals surface area contributed by atoms with Crippen molar-refractivity contribution in [3.8, 4) is 0 Å². The Bertz CT molecular complexity index is 804. The highest BCUT2D eigenvalue weighted by molar-refractivity contribution is 8.14. The molecule has 1 unspecified atom stereocenters. The Morgan fingerprint density at radius 3 is 2.92 bits per heavy atom. The van der Waals surface area contributed by atoms with E-state index >= 15 is 0 Å². The molecule has 1 aromatic heterocycles. The molecule has 0 saturated carbocycles. The van der Waals surface area contributed by atoms with Crippen molar-refractivity contribution < 1.29 is 19.1 Å². The lowest BCUT2D eigenvalue weighted by Crippen LogP contribution is -2.40. The zero-order valence-electron chi connectivity index (χ0n) is 12.9. The number of nitrogens with zero attached hydrogens (tertiary/aromatic N) is 2. The van der Waals surface area contributed by atoms with Crippen LogP contribution in [0.2, 0.25) is 0 Å². The number of imidazole rings is 1. The molecule has 0 radical (unpaired) electrons. The van der Waals surface area contributed by atoms with Crippen LogP contribution in [-0.4, -0.2) is 45.2 Å². The average Bonchev–Trinajstić information content (AvgIpc) is 3.10. The predicted molar refractivity (Wildman–Crippen MR) is 90.2 cm³/mol. The highest BCUT2D eigenvalue weighted by Gasteiger charge is 2.29. The fourth-order valence-corrected chi connectivity index (χ4v) is 3.35. The van der Waals surface area contributed by atoms with E-state index in [1.165, 1.54) is 16.3 Å². The quantitative estimate of drug-likeness (QED) is 0.881. The third kappa shape index (κ3) is 3.21. The van der Waals surface area contributed by atoms with Gasteiger partial charge in [0.05, 0.1) is 17.6 Å². The summed E-state index contributed by atoms with van der Waals surface area (Å²) in [6.45, 7) is 1.88. The largest absolute Gasteiger partial charge is 0.450 e. The van der Waals surface area contributed by atoms with Gasteiger partial charge < -0.3 is 10.1 Å². The molecule has 0 bridgehead atoms. The van der Waals surface area contributed by atoms with E-state index in [4.69, 9.17) is 4.74 Å². The summed E-state index contributed by atoms with van der Waals surface area (Å²) < 4.78 is 6.07. The van der Waals surface area contributed by atoms with E-state index in [0.717, 1.165) is 0 Å². The molecule has 2 amide bonds. The summed E-state index contributed by atoms with van der Waals surface area (Å²) in [4.78, 5) is 40.3. The number of hydrogen-bond acceptors (Lipinski definition) is 6. The molecule has 1 aliphatic heterocycles. The minimum absolute atomic E-state index is 0.0465. The zero-order valence-corrected chi connectivity index (χ0v) is 13.8. The van der Waals surface area contributed by atoms with Crippen molar-refractivity contribution in [3.63, 3.8) is 0 Å². The first-order valence-electron chi connectivity index (χ1n) is 7.49. The lowest BCUT2D eigenvalue weighted by molar-refractivity contribution is -0.112. The van der Waals surface area contributed by atoms with Gasteiger partial charge >= 0.3 is 12.1 Å². The number of para-hydroxylation sites is 2. The standard InChI is InChI=1S/C15H16N4O4S/c1-2-23-15(22)18-13-16-9-5-3-4-6-11(9)19(13)14(21)17-10-7-8-24-12(10)20/h3-6,10H,2,7-8H2,1H3,(H,17,21)(H,16,18,22). The Labute approximate surface area is 141 Å². The second-order valence-corrected chi connectivity index (χ2v) is 6.16. The van der Waals surface area contributed by atoms with E-state index in [1.54, 1.807) is 31.2 Å². The molecule has 0 aliphatic carbocycles. The lowest BCUT2D eigenvalue weighted by Gasteiger charge is -2.13. The van der Waals surface area contributed by atoms with Gasteiger partial charge in [-0.1, -0.05) is 23.9 Å². The summed E-state index contributed by atoms with van der Waals surface area (Å²) >= 11 is 1.20. The Morgan fingerprint density at radius 1 is 1.42 bits per heavy atom. The normalized spacial score (nSPS) is 17.0. The zero-order chi connectivity index (χ0) is 17.1. The maximum absolute atomic E-state index is 12.6. The molecule has 1 fully saturated rings. The molecule has 3 rings (SSSR count). The van der Waals surface area contributed by atoms with E-state index in [0.29, 0.717) is 23.2 Å². The number of hydrogen-bond donors (Lipinski definition) is 2. The van der Waals surface area contributed by atoms with Crippen LogP contribution in [0.4, 0.5) is 15.5 Å². The van der Waals surface area contributed by atoms with Crippen molar-refractivity contribution in [2.24, 2.45) is 0 Å². The molecule has 1 aromatic carbocycles. The van der Waals surface area contributed by atoms with Gasteiger partial charge in [-0.3, -0.25) is 10.1 Å². The summed E-state index contributed by atoms with van der Waals surface area (Å²) in [5.41, 5.74) is 1.08. The molecule has 24 heavy (non-hydrogen) atoms. The van der Waals surface area contributed by atoms with Gasteiger partial charge in [0.1, 0.15) is 6.04 Å². The predicted octanol–water partition coefficient (Wildman–Crippen LogP) is 2.19. The number of rotatable bonds is 3. The van der Waals surface area contributed by atoms with Crippen molar-refractivity contribution >= 4 is 46.0 Å². The molecule has 2 heterocycles. The third-order valence-electron chi connectivity index (χ3n) is 3.49. The topological polar surface area (TPSA) is 102 Å². The lowest BCUT2D eigenvalue weighted by atomic mass is 10.2. The Hall–Kier alpha value is -2.55. The van der Waals surface area contributed by atoms with Crippen molar-refractivity contribution in [2.45, 2.75) is 19.4 Å².